The van der Waals surface area contributed by atoms with Crippen LogP contribution in [0.2, 0.25) is 0 Å². The van der Waals surface area contributed by atoms with Gasteiger partial charge in [0.2, 0.25) is 5.89 Å². The molecule has 1 N–H and O–H groups in total. The molecular weight excluding hydrogens is 372 g/mol. The van der Waals surface area contributed by atoms with E-state index in [0.717, 1.165) is 5.56 Å². The molecule has 2 aromatic carbocycles. The van der Waals surface area contributed by atoms with E-state index in [1.807, 2.05) is 42.5 Å². The van der Waals surface area contributed by atoms with Crippen molar-refractivity contribution in [1.29, 1.82) is 0 Å². The number of hydrogen-bond acceptors (Lipinski definition) is 6. The number of benzene rings is 2. The molecule has 3 aromatic rings. The maximum absolute atomic E-state index is 12.4. The Balaban J connectivity index is 1.67. The summed E-state index contributed by atoms with van der Waals surface area (Å²) in [6, 6.07) is 16.6. The monoisotopic (exact) mass is 394 g/mol. The Bertz CT molecular complexity index is 950. The number of rotatable bonds is 10. The summed E-state index contributed by atoms with van der Waals surface area (Å²) in [5.74, 6) is -0.728. The number of esters is 1. The lowest BCUT2D eigenvalue weighted by Crippen LogP contribution is -2.19. The molecule has 29 heavy (non-hydrogen) atoms. The highest BCUT2D eigenvalue weighted by atomic mass is 16.5. The second-order valence-corrected chi connectivity index (χ2v) is 6.67. The maximum Gasteiger partial charge on any atom is 0.306 e. The van der Waals surface area contributed by atoms with Crippen LogP contribution in [0, 0.1) is 5.92 Å². The molecule has 150 valence electrons. The van der Waals surface area contributed by atoms with Crippen LogP contribution in [0.25, 0.3) is 21.5 Å². The van der Waals surface area contributed by atoms with E-state index in [2.05, 4.69) is 15.0 Å². The van der Waals surface area contributed by atoms with Crippen molar-refractivity contribution in [3.8, 4) is 0 Å². The van der Waals surface area contributed by atoms with Crippen LogP contribution in [0.1, 0.15) is 36.8 Å². The van der Waals surface area contributed by atoms with Crippen molar-refractivity contribution < 1.29 is 19.1 Å². The van der Waals surface area contributed by atoms with Crippen molar-refractivity contribution in [3.05, 3.63) is 76.5 Å². The summed E-state index contributed by atoms with van der Waals surface area (Å²) in [5, 5.41) is 14.3. The highest BCUT2D eigenvalue weighted by molar-refractivity contribution is 5.72. The van der Waals surface area contributed by atoms with Crippen LogP contribution < -0.4 is 0 Å². The molecule has 0 fully saturated rings. The second kappa shape index (κ2) is 10.3. The third-order valence-electron chi connectivity index (χ3n) is 4.58. The summed E-state index contributed by atoms with van der Waals surface area (Å²) in [5.41, 5.74) is 10.5. The molecule has 8 nitrogen and oxygen atoms in total. The Kier molecular flexibility index (Phi) is 7.22. The molecule has 0 aliphatic heterocycles. The number of aliphatic hydroxyl groups is 1. The van der Waals surface area contributed by atoms with Gasteiger partial charge < -0.3 is 14.3 Å². The molecule has 0 aliphatic rings. The largest absolute Gasteiger partial charge is 0.461 e. The molecule has 0 spiro atoms. The Morgan fingerprint density at radius 1 is 1.21 bits per heavy atom. The number of aliphatic hydroxyl groups excluding tert-OH is 1. The summed E-state index contributed by atoms with van der Waals surface area (Å²) < 4.78 is 11.0. The second-order valence-electron chi connectivity index (χ2n) is 6.67. The van der Waals surface area contributed by atoms with Gasteiger partial charge in [-0.3, -0.25) is 4.79 Å². The standard InChI is InChI=1S/C21H22N4O4/c22-25-23-12-6-9-16(13-19(26)28-14-15-7-2-1-3-8-15)20(27)21-24-17-10-4-5-11-18(17)29-21/h1-5,7-8,10-11,16,20,27H,6,9,12-14H2/t16-,20?/m1/s1. The predicted molar refractivity (Wildman–Crippen MR) is 107 cm³/mol. The fourth-order valence-electron chi connectivity index (χ4n) is 3.07. The molecule has 0 saturated carbocycles. The van der Waals surface area contributed by atoms with E-state index in [1.54, 1.807) is 12.1 Å². The summed E-state index contributed by atoms with van der Waals surface area (Å²) in [6.45, 7) is 0.455. The molecule has 0 saturated heterocycles. The molecule has 0 radical (unpaired) electrons. The molecule has 0 aliphatic carbocycles. The SMILES string of the molecule is [N-]=[N+]=NCCC[C@H](CC(=O)OCc1ccccc1)C(O)c1nc2ccccc2o1. The average molecular weight is 394 g/mol. The van der Waals surface area contributed by atoms with Gasteiger partial charge in [0.1, 0.15) is 18.2 Å². The van der Waals surface area contributed by atoms with Crippen LogP contribution in [0.5, 0.6) is 0 Å². The number of azide groups is 1. The first kappa shape index (κ1) is 20.4. The first-order chi connectivity index (χ1) is 14.2. The Morgan fingerprint density at radius 3 is 2.72 bits per heavy atom. The molecule has 0 bridgehead atoms. The van der Waals surface area contributed by atoms with E-state index in [1.165, 1.54) is 0 Å². The minimum Gasteiger partial charge on any atom is -0.461 e. The van der Waals surface area contributed by atoms with E-state index >= 15 is 0 Å². The van der Waals surface area contributed by atoms with Crippen LogP contribution in [0.3, 0.4) is 0 Å². The molecular formula is C21H22N4O4. The number of para-hydroxylation sites is 2. The fraction of sp³-hybridized carbons (Fsp3) is 0.333. The van der Waals surface area contributed by atoms with Crippen LogP contribution in [0.15, 0.2) is 64.1 Å². The number of nitrogens with zero attached hydrogens (tertiary/aromatic N) is 4. The molecule has 2 atom stereocenters. The molecule has 0 amide bonds. The van der Waals surface area contributed by atoms with Gasteiger partial charge in [-0.05, 0) is 36.1 Å². The van der Waals surface area contributed by atoms with Crippen LogP contribution in [0.4, 0.5) is 0 Å². The van der Waals surface area contributed by atoms with Gasteiger partial charge in [-0.2, -0.15) is 0 Å². The highest BCUT2D eigenvalue weighted by Gasteiger charge is 2.28. The van der Waals surface area contributed by atoms with Crippen molar-refractivity contribution in [2.45, 2.75) is 32.0 Å². The summed E-state index contributed by atoms with van der Waals surface area (Å²) >= 11 is 0. The smallest absolute Gasteiger partial charge is 0.306 e. The zero-order valence-corrected chi connectivity index (χ0v) is 15.8. The van der Waals surface area contributed by atoms with Crippen LogP contribution in [-0.2, 0) is 16.1 Å². The first-order valence-electron chi connectivity index (χ1n) is 9.41. The van der Waals surface area contributed by atoms with Gasteiger partial charge in [-0.15, -0.1) is 0 Å². The zero-order valence-electron chi connectivity index (χ0n) is 15.8. The Hall–Kier alpha value is -3.35. The van der Waals surface area contributed by atoms with E-state index < -0.39 is 18.0 Å². The van der Waals surface area contributed by atoms with Crippen LogP contribution in [-0.4, -0.2) is 22.6 Å². The normalized spacial score (nSPS) is 12.9. The van der Waals surface area contributed by atoms with Gasteiger partial charge in [-0.25, -0.2) is 4.98 Å². The number of fused-ring (bicyclic) bond motifs is 1. The lowest BCUT2D eigenvalue weighted by molar-refractivity contribution is -0.147. The summed E-state index contributed by atoms with van der Waals surface area (Å²) in [7, 11) is 0. The molecule has 3 rings (SSSR count). The number of oxazole rings is 1. The van der Waals surface area contributed by atoms with E-state index in [4.69, 9.17) is 14.7 Å². The highest BCUT2D eigenvalue weighted by Crippen LogP contribution is 2.30. The number of hydrogen-bond donors (Lipinski definition) is 1. The van der Waals surface area contributed by atoms with E-state index in [-0.39, 0.29) is 25.5 Å². The van der Waals surface area contributed by atoms with Gasteiger partial charge in [0.15, 0.2) is 5.58 Å². The molecule has 8 heteroatoms. The lowest BCUT2D eigenvalue weighted by Gasteiger charge is -2.19. The van der Waals surface area contributed by atoms with Gasteiger partial charge >= 0.3 is 5.97 Å². The summed E-state index contributed by atoms with van der Waals surface area (Å²) in [6.07, 6.45) is -0.0851. The third-order valence-corrected chi connectivity index (χ3v) is 4.58. The third kappa shape index (κ3) is 5.81. The Morgan fingerprint density at radius 2 is 1.97 bits per heavy atom. The minimum absolute atomic E-state index is 0.00297. The van der Waals surface area contributed by atoms with E-state index in [0.29, 0.717) is 23.9 Å². The molecule has 1 heterocycles. The summed E-state index contributed by atoms with van der Waals surface area (Å²) in [4.78, 5) is 19.4. The van der Waals surface area contributed by atoms with Gasteiger partial charge in [0.25, 0.3) is 0 Å². The zero-order chi connectivity index (χ0) is 20.5. The van der Waals surface area contributed by atoms with E-state index in [9.17, 15) is 9.90 Å². The van der Waals surface area contributed by atoms with Crippen molar-refractivity contribution >= 4 is 17.1 Å². The van der Waals surface area contributed by atoms with Crippen molar-refractivity contribution in [3.63, 3.8) is 0 Å². The van der Waals surface area contributed by atoms with Gasteiger partial charge in [0.05, 0.1) is 6.42 Å². The first-order valence-corrected chi connectivity index (χ1v) is 9.41. The number of carbonyl (C=O) groups is 1. The van der Waals surface area contributed by atoms with Gasteiger partial charge in [0, 0.05) is 17.4 Å². The maximum atomic E-state index is 12.4. The number of aromatic nitrogens is 1. The fourth-order valence-corrected chi connectivity index (χ4v) is 3.07. The molecule has 1 unspecified atom stereocenters. The van der Waals surface area contributed by atoms with Crippen molar-refractivity contribution in [2.75, 3.05) is 6.54 Å². The van der Waals surface area contributed by atoms with Crippen LogP contribution >= 0.6 is 0 Å². The topological polar surface area (TPSA) is 121 Å². The lowest BCUT2D eigenvalue weighted by atomic mass is 9.93. The Labute approximate surface area is 167 Å². The molecule has 1 aromatic heterocycles. The number of carbonyl (C=O) groups excluding carboxylic acids is 1. The quantitative estimate of drug-likeness (QED) is 0.176. The number of ether oxygens (including phenoxy) is 1. The average Bonchev–Trinajstić information content (AvgIpc) is 3.19. The predicted octanol–water partition coefficient (Wildman–Crippen LogP) is 4.70. The van der Waals surface area contributed by atoms with Gasteiger partial charge in [-0.1, -0.05) is 47.6 Å². The minimum atomic E-state index is -1.07. The van der Waals surface area contributed by atoms with Crippen molar-refractivity contribution in [1.82, 2.24) is 4.98 Å². The van der Waals surface area contributed by atoms with Crippen molar-refractivity contribution in [2.24, 2.45) is 11.0 Å².